The molecule has 0 aromatic heterocycles. The lowest BCUT2D eigenvalue weighted by Crippen LogP contribution is -2.40. The summed E-state index contributed by atoms with van der Waals surface area (Å²) in [5.74, 6) is -0.179. The van der Waals surface area contributed by atoms with E-state index in [1.54, 1.807) is 49.4 Å². The van der Waals surface area contributed by atoms with E-state index >= 15 is 0 Å². The summed E-state index contributed by atoms with van der Waals surface area (Å²) in [6, 6.07) is 19.1. The number of nitrogens with zero attached hydrogens (tertiary/aromatic N) is 2. The van der Waals surface area contributed by atoms with E-state index in [1.165, 1.54) is 24.8 Å². The van der Waals surface area contributed by atoms with E-state index in [2.05, 4.69) is 15.8 Å². The van der Waals surface area contributed by atoms with E-state index in [4.69, 9.17) is 4.74 Å². The predicted molar refractivity (Wildman–Crippen MR) is 164 cm³/mol. The Hall–Kier alpha value is -4.18. The van der Waals surface area contributed by atoms with Gasteiger partial charge in [0.05, 0.1) is 16.8 Å². The van der Waals surface area contributed by atoms with Gasteiger partial charge in [0.2, 0.25) is 0 Å². The highest BCUT2D eigenvalue weighted by Crippen LogP contribution is 2.28. The number of ether oxygens (including phenoxy) is 1. The quantitative estimate of drug-likeness (QED) is 0.246. The molecule has 42 heavy (non-hydrogen) atoms. The molecule has 1 aliphatic carbocycles. The molecule has 3 aromatic rings. The van der Waals surface area contributed by atoms with Gasteiger partial charge in [0.1, 0.15) is 12.3 Å². The summed E-state index contributed by atoms with van der Waals surface area (Å²) >= 11 is 0. The van der Waals surface area contributed by atoms with Crippen LogP contribution >= 0.6 is 0 Å². The monoisotopic (exact) mass is 590 g/mol. The smallest absolute Gasteiger partial charge is 0.264 e. The van der Waals surface area contributed by atoms with Gasteiger partial charge in [-0.15, -0.1) is 0 Å². The highest BCUT2D eigenvalue weighted by molar-refractivity contribution is 7.92. The predicted octanol–water partition coefficient (Wildman–Crippen LogP) is 4.79. The van der Waals surface area contributed by atoms with Crippen LogP contribution in [-0.4, -0.2) is 45.6 Å². The molecular formula is C32H38N4O5S. The van der Waals surface area contributed by atoms with Crippen molar-refractivity contribution >= 4 is 33.7 Å². The Balaban J connectivity index is 1.36. The highest BCUT2D eigenvalue weighted by atomic mass is 32.2. The maximum absolute atomic E-state index is 13.6. The number of aryl methyl sites for hydroxylation is 3. The Bertz CT molecular complexity index is 1510. The van der Waals surface area contributed by atoms with Crippen LogP contribution in [-0.2, 0) is 19.6 Å². The molecule has 2 amide bonds. The first-order valence-electron chi connectivity index (χ1n) is 14.1. The third-order valence-corrected chi connectivity index (χ3v) is 8.93. The summed E-state index contributed by atoms with van der Waals surface area (Å²) < 4.78 is 34.0. The van der Waals surface area contributed by atoms with E-state index in [0.717, 1.165) is 46.7 Å². The van der Waals surface area contributed by atoms with Crippen LogP contribution in [0, 0.1) is 20.8 Å². The second-order valence-electron chi connectivity index (χ2n) is 10.7. The minimum absolute atomic E-state index is 0.0532. The Morgan fingerprint density at radius 2 is 1.57 bits per heavy atom. The number of amides is 2. The number of nitrogens with one attached hydrogen (secondary N) is 2. The molecule has 10 heteroatoms. The fourth-order valence-corrected chi connectivity index (χ4v) is 6.26. The fraction of sp³-hybridized carbons (Fsp3) is 0.344. The molecule has 0 heterocycles. The zero-order valence-corrected chi connectivity index (χ0v) is 25.1. The number of hydrazone groups is 1. The lowest BCUT2D eigenvalue weighted by atomic mass is 9.95. The fourth-order valence-electron chi connectivity index (χ4n) is 4.79. The van der Waals surface area contributed by atoms with Crippen molar-refractivity contribution in [3.63, 3.8) is 0 Å². The van der Waals surface area contributed by atoms with Gasteiger partial charge < -0.3 is 10.1 Å². The van der Waals surface area contributed by atoms with E-state index in [0.29, 0.717) is 17.0 Å². The molecule has 2 N–H and O–H groups in total. The first-order valence-corrected chi connectivity index (χ1v) is 15.6. The highest BCUT2D eigenvalue weighted by Gasteiger charge is 2.28. The topological polar surface area (TPSA) is 117 Å². The first kappa shape index (κ1) is 30.8. The first-order chi connectivity index (χ1) is 20.1. The molecular weight excluding hydrogens is 552 g/mol. The van der Waals surface area contributed by atoms with Gasteiger partial charge in [-0.2, -0.15) is 5.10 Å². The number of sulfonamides is 1. The molecule has 0 aliphatic heterocycles. The van der Waals surface area contributed by atoms with Crippen LogP contribution in [0.2, 0.25) is 0 Å². The number of hydrogen-bond donors (Lipinski definition) is 2. The molecule has 222 valence electrons. The van der Waals surface area contributed by atoms with Crippen LogP contribution in [0.5, 0.6) is 5.75 Å². The SMILES string of the molecule is Cc1ccc(S(=O)(=O)N(CC(=O)N/N=C\c2ccc(OCC(=O)NC3CCCCC3)cc2)c2cc(C)ccc2C)cc1. The summed E-state index contributed by atoms with van der Waals surface area (Å²) in [4.78, 5) is 25.2. The summed E-state index contributed by atoms with van der Waals surface area (Å²) in [6.07, 6.45) is 7.00. The second kappa shape index (κ2) is 14.1. The summed E-state index contributed by atoms with van der Waals surface area (Å²) in [7, 11) is -4.03. The summed E-state index contributed by atoms with van der Waals surface area (Å²) in [6.45, 7) is 5.05. The van der Waals surface area contributed by atoms with Gasteiger partial charge in [-0.05, 0) is 92.8 Å². The zero-order chi connectivity index (χ0) is 30.1. The van der Waals surface area contributed by atoms with Crippen molar-refractivity contribution < 1.29 is 22.7 Å². The molecule has 0 spiro atoms. The van der Waals surface area contributed by atoms with Crippen molar-refractivity contribution in [1.29, 1.82) is 0 Å². The van der Waals surface area contributed by atoms with Crippen molar-refractivity contribution in [3.8, 4) is 5.75 Å². The molecule has 1 fully saturated rings. The van der Waals surface area contributed by atoms with Crippen molar-refractivity contribution in [2.75, 3.05) is 17.5 Å². The van der Waals surface area contributed by atoms with Gasteiger partial charge in [0.15, 0.2) is 6.61 Å². The lowest BCUT2D eigenvalue weighted by molar-refractivity contribution is -0.124. The van der Waals surface area contributed by atoms with Crippen molar-refractivity contribution in [1.82, 2.24) is 10.7 Å². The molecule has 0 atom stereocenters. The average molecular weight is 591 g/mol. The number of benzene rings is 3. The molecule has 9 nitrogen and oxygen atoms in total. The average Bonchev–Trinajstić information content (AvgIpc) is 2.97. The maximum atomic E-state index is 13.6. The number of carbonyl (C=O) groups is 2. The molecule has 1 aliphatic rings. The minimum atomic E-state index is -4.03. The maximum Gasteiger partial charge on any atom is 0.264 e. The van der Waals surface area contributed by atoms with Crippen LogP contribution in [0.1, 0.15) is 54.4 Å². The molecule has 0 saturated heterocycles. The van der Waals surface area contributed by atoms with Gasteiger partial charge in [-0.25, -0.2) is 13.8 Å². The minimum Gasteiger partial charge on any atom is -0.484 e. The van der Waals surface area contributed by atoms with Crippen molar-refractivity contribution in [2.24, 2.45) is 5.10 Å². The van der Waals surface area contributed by atoms with Gasteiger partial charge in [0, 0.05) is 6.04 Å². The van der Waals surface area contributed by atoms with E-state index < -0.39 is 22.5 Å². The van der Waals surface area contributed by atoms with Crippen LogP contribution in [0.4, 0.5) is 5.69 Å². The third kappa shape index (κ3) is 8.42. The Labute approximate surface area is 248 Å². The Morgan fingerprint density at radius 3 is 2.26 bits per heavy atom. The van der Waals surface area contributed by atoms with Crippen LogP contribution in [0.15, 0.2) is 76.7 Å². The largest absolute Gasteiger partial charge is 0.484 e. The number of rotatable bonds is 11. The van der Waals surface area contributed by atoms with Gasteiger partial charge in [-0.3, -0.25) is 13.9 Å². The molecule has 0 bridgehead atoms. The van der Waals surface area contributed by atoms with Crippen LogP contribution < -0.4 is 19.8 Å². The van der Waals surface area contributed by atoms with Gasteiger partial charge in [0.25, 0.3) is 21.8 Å². The van der Waals surface area contributed by atoms with Crippen LogP contribution in [0.3, 0.4) is 0 Å². The Kier molecular flexibility index (Phi) is 10.4. The van der Waals surface area contributed by atoms with Crippen LogP contribution in [0.25, 0.3) is 0 Å². The zero-order valence-electron chi connectivity index (χ0n) is 24.3. The van der Waals surface area contributed by atoms with Gasteiger partial charge >= 0.3 is 0 Å². The standard InChI is InChI=1S/C32H38N4O5S/c1-23-10-17-29(18-11-23)42(39,40)36(30-19-24(2)9-12-25(30)3)21-31(37)35-33-20-26-13-15-28(16-14-26)41-22-32(38)34-27-7-5-4-6-8-27/h9-20,27H,4-8,21-22H2,1-3H3,(H,34,38)(H,35,37)/b33-20-. The molecule has 3 aromatic carbocycles. The number of hydrogen-bond acceptors (Lipinski definition) is 6. The summed E-state index contributed by atoms with van der Waals surface area (Å²) in [5.41, 5.74) is 6.07. The molecule has 0 radical (unpaired) electrons. The van der Waals surface area contributed by atoms with Crippen molar-refractivity contribution in [3.05, 3.63) is 89.0 Å². The lowest BCUT2D eigenvalue weighted by Gasteiger charge is -2.25. The van der Waals surface area contributed by atoms with E-state index in [-0.39, 0.29) is 23.5 Å². The number of carbonyl (C=O) groups excluding carboxylic acids is 2. The molecule has 1 saturated carbocycles. The third-order valence-electron chi connectivity index (χ3n) is 7.15. The molecule has 0 unspecified atom stereocenters. The summed E-state index contributed by atoms with van der Waals surface area (Å²) in [5, 5.41) is 7.04. The molecule has 4 rings (SSSR count). The van der Waals surface area contributed by atoms with E-state index in [9.17, 15) is 18.0 Å². The Morgan fingerprint density at radius 1 is 0.905 bits per heavy atom. The number of anilines is 1. The van der Waals surface area contributed by atoms with Crippen molar-refractivity contribution in [2.45, 2.75) is 63.8 Å². The van der Waals surface area contributed by atoms with E-state index in [1.807, 2.05) is 26.0 Å². The second-order valence-corrected chi connectivity index (χ2v) is 12.5. The van der Waals surface area contributed by atoms with Gasteiger partial charge in [-0.1, -0.05) is 49.1 Å². The normalized spacial score (nSPS) is 14.0.